The average molecular weight is 437 g/mol. The normalized spacial score (nSPS) is 14.2. The fourth-order valence-electron chi connectivity index (χ4n) is 3.67. The van der Waals surface area contributed by atoms with Gasteiger partial charge < -0.3 is 15.5 Å². The second-order valence-electron chi connectivity index (χ2n) is 7.12. The van der Waals surface area contributed by atoms with Crippen LogP contribution < -0.4 is 21.2 Å². The monoisotopic (exact) mass is 436 g/mol. The molecule has 0 atom stereocenters. The summed E-state index contributed by atoms with van der Waals surface area (Å²) in [7, 11) is 1.66. The number of rotatable bonds is 4. The van der Waals surface area contributed by atoms with Crippen LogP contribution in [0.2, 0.25) is 0 Å². The zero-order valence-electron chi connectivity index (χ0n) is 16.8. The molecule has 4 aromatic heterocycles. The number of carbonyl (C=O) groups is 1. The Balaban J connectivity index is 1.44. The summed E-state index contributed by atoms with van der Waals surface area (Å²) < 4.78 is 2.94. The summed E-state index contributed by atoms with van der Waals surface area (Å²) in [6, 6.07) is 5.47. The number of pyridine rings is 2. The molecule has 1 amide bonds. The standard InChI is InChI=1S/C20H20N8O2S/c1-26-17-16(3-2-5-23-17)28(20(26)30)19-25-14(12-31-19)18(29)24-13-11-22-6-4-15(13)27-9-7-21-8-10-27/h2-6,11-12,21H,7-10H2,1H3,(H,24,29). The molecule has 0 aromatic carbocycles. The number of aryl methyl sites for hydroxylation is 1. The molecule has 0 saturated carbocycles. The van der Waals surface area contributed by atoms with Crippen LogP contribution in [0.3, 0.4) is 0 Å². The van der Waals surface area contributed by atoms with E-state index in [1.165, 1.54) is 20.5 Å². The van der Waals surface area contributed by atoms with Crippen molar-refractivity contribution in [2.75, 3.05) is 36.4 Å². The smallest absolute Gasteiger partial charge is 0.336 e. The summed E-state index contributed by atoms with van der Waals surface area (Å²) in [5.41, 5.74) is 2.74. The van der Waals surface area contributed by atoms with Crippen LogP contribution in [0, 0.1) is 0 Å². The Morgan fingerprint density at radius 1 is 1.23 bits per heavy atom. The Morgan fingerprint density at radius 2 is 2.06 bits per heavy atom. The molecule has 0 unspecified atom stereocenters. The van der Waals surface area contributed by atoms with Crippen LogP contribution in [-0.4, -0.2) is 56.2 Å². The van der Waals surface area contributed by atoms with Gasteiger partial charge in [-0.3, -0.25) is 14.3 Å². The first-order chi connectivity index (χ1) is 15.1. The van der Waals surface area contributed by atoms with Gasteiger partial charge in [-0.25, -0.2) is 19.3 Å². The van der Waals surface area contributed by atoms with Crippen molar-refractivity contribution in [3.63, 3.8) is 0 Å². The molecule has 10 nitrogen and oxygen atoms in total. The highest BCUT2D eigenvalue weighted by molar-refractivity contribution is 7.12. The number of hydrogen-bond acceptors (Lipinski definition) is 8. The molecule has 31 heavy (non-hydrogen) atoms. The van der Waals surface area contributed by atoms with Crippen LogP contribution in [0.5, 0.6) is 0 Å². The van der Waals surface area contributed by atoms with Crippen LogP contribution in [-0.2, 0) is 7.05 Å². The molecule has 0 bridgehead atoms. The lowest BCUT2D eigenvalue weighted by Gasteiger charge is -2.30. The predicted octanol–water partition coefficient (Wildman–Crippen LogP) is 1.24. The molecule has 4 aromatic rings. The van der Waals surface area contributed by atoms with E-state index in [0.717, 1.165) is 31.9 Å². The summed E-state index contributed by atoms with van der Waals surface area (Å²) >= 11 is 1.23. The Bertz CT molecular complexity index is 1320. The Labute approximate surface area is 181 Å². The van der Waals surface area contributed by atoms with Crippen LogP contribution in [0.1, 0.15) is 10.5 Å². The maximum Gasteiger partial charge on any atom is 0.336 e. The third-order valence-corrected chi connectivity index (χ3v) is 6.05. The van der Waals surface area contributed by atoms with Crippen molar-refractivity contribution in [1.82, 2.24) is 29.4 Å². The van der Waals surface area contributed by atoms with E-state index >= 15 is 0 Å². The molecule has 0 spiro atoms. The van der Waals surface area contributed by atoms with Crippen LogP contribution in [0.25, 0.3) is 16.3 Å². The van der Waals surface area contributed by atoms with Gasteiger partial charge in [-0.1, -0.05) is 0 Å². The van der Waals surface area contributed by atoms with Crippen molar-refractivity contribution in [2.24, 2.45) is 7.05 Å². The van der Waals surface area contributed by atoms with E-state index in [0.29, 0.717) is 22.0 Å². The number of hydrogen-bond donors (Lipinski definition) is 2. The van der Waals surface area contributed by atoms with E-state index in [1.807, 2.05) is 6.07 Å². The van der Waals surface area contributed by atoms with Gasteiger partial charge in [-0.2, -0.15) is 0 Å². The molecule has 11 heteroatoms. The second-order valence-corrected chi connectivity index (χ2v) is 7.96. The van der Waals surface area contributed by atoms with Gasteiger partial charge in [-0.15, -0.1) is 11.3 Å². The molecule has 1 aliphatic heterocycles. The number of thiazole rings is 1. The van der Waals surface area contributed by atoms with Gasteiger partial charge in [0.25, 0.3) is 5.91 Å². The minimum Gasteiger partial charge on any atom is -0.367 e. The minimum atomic E-state index is -0.349. The zero-order valence-corrected chi connectivity index (χ0v) is 17.6. The van der Waals surface area contributed by atoms with Crippen molar-refractivity contribution in [2.45, 2.75) is 0 Å². The second kappa shape index (κ2) is 7.93. The van der Waals surface area contributed by atoms with Gasteiger partial charge in [-0.05, 0) is 18.2 Å². The number of anilines is 2. The highest BCUT2D eigenvalue weighted by Crippen LogP contribution is 2.26. The molecule has 0 radical (unpaired) electrons. The summed E-state index contributed by atoms with van der Waals surface area (Å²) in [5.74, 6) is -0.349. The lowest BCUT2D eigenvalue weighted by molar-refractivity contribution is 0.102. The van der Waals surface area contributed by atoms with Crippen LogP contribution in [0.15, 0.2) is 47.0 Å². The predicted molar refractivity (Wildman–Crippen MR) is 119 cm³/mol. The van der Waals surface area contributed by atoms with Gasteiger partial charge in [0, 0.05) is 51.0 Å². The lowest BCUT2D eigenvalue weighted by atomic mass is 10.2. The van der Waals surface area contributed by atoms with E-state index in [9.17, 15) is 9.59 Å². The van der Waals surface area contributed by atoms with E-state index in [1.54, 1.807) is 43.2 Å². The maximum atomic E-state index is 12.9. The maximum absolute atomic E-state index is 12.9. The van der Waals surface area contributed by atoms with Gasteiger partial charge in [0.05, 0.1) is 23.1 Å². The molecule has 1 saturated heterocycles. The number of piperazine rings is 1. The van der Waals surface area contributed by atoms with Gasteiger partial charge in [0.1, 0.15) is 5.69 Å². The number of fused-ring (bicyclic) bond motifs is 1. The number of imidazole rings is 1. The van der Waals surface area contributed by atoms with E-state index in [-0.39, 0.29) is 17.3 Å². The third kappa shape index (κ3) is 3.47. The molecule has 2 N–H and O–H groups in total. The Hall–Kier alpha value is -3.57. The zero-order chi connectivity index (χ0) is 21.4. The van der Waals surface area contributed by atoms with E-state index in [2.05, 4.69) is 30.5 Å². The molecular weight excluding hydrogens is 416 g/mol. The molecule has 158 valence electrons. The SMILES string of the molecule is Cn1c(=O)n(-c2nc(C(=O)Nc3cnccc3N3CCNCC3)cs2)c2cccnc21. The first kappa shape index (κ1) is 19.4. The number of carbonyl (C=O) groups excluding carboxylic acids is 1. The molecule has 1 aliphatic rings. The summed E-state index contributed by atoms with van der Waals surface area (Å²) in [6.07, 6.45) is 5.00. The van der Waals surface area contributed by atoms with Crippen molar-refractivity contribution in [3.8, 4) is 5.13 Å². The first-order valence-corrected chi connectivity index (χ1v) is 10.7. The summed E-state index contributed by atoms with van der Waals surface area (Å²) in [6.45, 7) is 3.48. The molecule has 1 fully saturated rings. The largest absolute Gasteiger partial charge is 0.367 e. The van der Waals surface area contributed by atoms with Crippen LogP contribution in [0.4, 0.5) is 11.4 Å². The van der Waals surface area contributed by atoms with E-state index in [4.69, 9.17) is 0 Å². The molecule has 5 heterocycles. The fourth-order valence-corrected chi connectivity index (χ4v) is 4.48. The summed E-state index contributed by atoms with van der Waals surface area (Å²) in [5, 5.41) is 8.31. The number of aromatic nitrogens is 5. The first-order valence-electron chi connectivity index (χ1n) is 9.83. The highest BCUT2D eigenvalue weighted by Gasteiger charge is 2.20. The fraction of sp³-hybridized carbons (Fsp3) is 0.250. The van der Waals surface area contributed by atoms with Crippen molar-refractivity contribution < 1.29 is 4.79 Å². The average Bonchev–Trinajstić information content (AvgIpc) is 3.38. The quantitative estimate of drug-likeness (QED) is 0.495. The van der Waals surface area contributed by atoms with E-state index < -0.39 is 0 Å². The topological polar surface area (TPSA) is 110 Å². The minimum absolute atomic E-state index is 0.239. The number of amides is 1. The van der Waals surface area contributed by atoms with Crippen molar-refractivity contribution in [3.05, 3.63) is 58.3 Å². The Kier molecular flexibility index (Phi) is 4.96. The Morgan fingerprint density at radius 3 is 2.90 bits per heavy atom. The van der Waals surface area contributed by atoms with Gasteiger partial charge in [0.2, 0.25) is 0 Å². The highest BCUT2D eigenvalue weighted by atomic mass is 32.1. The van der Waals surface area contributed by atoms with Gasteiger partial charge in [0.15, 0.2) is 10.8 Å². The van der Waals surface area contributed by atoms with Crippen molar-refractivity contribution >= 4 is 39.8 Å². The lowest BCUT2D eigenvalue weighted by Crippen LogP contribution is -2.43. The molecular formula is C20H20N8O2S. The van der Waals surface area contributed by atoms with Gasteiger partial charge >= 0.3 is 5.69 Å². The number of nitrogens with zero attached hydrogens (tertiary/aromatic N) is 6. The summed E-state index contributed by atoms with van der Waals surface area (Å²) in [4.78, 5) is 40.7. The molecule has 5 rings (SSSR count). The number of nitrogens with one attached hydrogen (secondary N) is 2. The van der Waals surface area contributed by atoms with Crippen LogP contribution >= 0.6 is 11.3 Å². The third-order valence-electron chi connectivity index (χ3n) is 5.22. The molecule has 0 aliphatic carbocycles. The van der Waals surface area contributed by atoms with Crippen molar-refractivity contribution in [1.29, 1.82) is 0 Å².